The second-order valence-electron chi connectivity index (χ2n) is 5.87. The average Bonchev–Trinajstić information content (AvgIpc) is 3.12. The van der Waals surface area contributed by atoms with Gasteiger partial charge in [-0.25, -0.2) is 0 Å². The Morgan fingerprint density at radius 2 is 2.00 bits per heavy atom. The zero-order chi connectivity index (χ0) is 15.9. The van der Waals surface area contributed by atoms with E-state index in [0.29, 0.717) is 23.8 Å². The van der Waals surface area contributed by atoms with E-state index < -0.39 is 0 Å². The monoisotopic (exact) mass is 346 g/mol. The minimum atomic E-state index is -0.0398. The molecule has 2 aromatic rings. The SMILES string of the molecule is Cl.O=C(NCC1CCNC1)c1cccc(OCc2ccccc2)c1. The Kier molecular flexibility index (Phi) is 7.09. The first kappa shape index (κ1) is 18.3. The number of carbonyl (C=O) groups excluding carboxylic acids is 1. The lowest BCUT2D eigenvalue weighted by atomic mass is 10.1. The van der Waals surface area contributed by atoms with E-state index in [-0.39, 0.29) is 18.3 Å². The summed E-state index contributed by atoms with van der Waals surface area (Å²) in [6.45, 7) is 3.25. The van der Waals surface area contributed by atoms with E-state index in [4.69, 9.17) is 4.74 Å². The Morgan fingerprint density at radius 3 is 2.75 bits per heavy atom. The van der Waals surface area contributed by atoms with Crippen molar-refractivity contribution < 1.29 is 9.53 Å². The van der Waals surface area contributed by atoms with Gasteiger partial charge in [-0.3, -0.25) is 4.79 Å². The Balaban J connectivity index is 0.00000208. The number of nitrogens with one attached hydrogen (secondary N) is 2. The molecule has 0 radical (unpaired) electrons. The molecule has 1 aliphatic heterocycles. The summed E-state index contributed by atoms with van der Waals surface area (Å²) in [4.78, 5) is 12.2. The summed E-state index contributed by atoms with van der Waals surface area (Å²) in [6, 6.07) is 17.3. The van der Waals surface area contributed by atoms with E-state index in [2.05, 4.69) is 10.6 Å². The van der Waals surface area contributed by atoms with E-state index in [0.717, 1.165) is 31.6 Å². The Bertz CT molecular complexity index is 643. The van der Waals surface area contributed by atoms with Crippen LogP contribution in [0.25, 0.3) is 0 Å². The van der Waals surface area contributed by atoms with Gasteiger partial charge in [0.05, 0.1) is 0 Å². The maximum atomic E-state index is 12.2. The van der Waals surface area contributed by atoms with Crippen LogP contribution in [0.2, 0.25) is 0 Å². The highest BCUT2D eigenvalue weighted by atomic mass is 35.5. The number of rotatable bonds is 6. The molecule has 24 heavy (non-hydrogen) atoms. The first-order valence-corrected chi connectivity index (χ1v) is 8.07. The van der Waals surface area contributed by atoms with Gasteiger partial charge in [0.2, 0.25) is 0 Å². The van der Waals surface area contributed by atoms with Gasteiger partial charge in [0, 0.05) is 12.1 Å². The topological polar surface area (TPSA) is 50.4 Å². The molecule has 1 amide bonds. The quantitative estimate of drug-likeness (QED) is 0.845. The van der Waals surface area contributed by atoms with Crippen LogP contribution in [0, 0.1) is 5.92 Å². The van der Waals surface area contributed by atoms with Crippen LogP contribution in [0.1, 0.15) is 22.3 Å². The third kappa shape index (κ3) is 5.25. The van der Waals surface area contributed by atoms with Gasteiger partial charge in [-0.2, -0.15) is 0 Å². The minimum Gasteiger partial charge on any atom is -0.489 e. The van der Waals surface area contributed by atoms with Gasteiger partial charge in [0.1, 0.15) is 12.4 Å². The largest absolute Gasteiger partial charge is 0.489 e. The molecule has 0 spiro atoms. The number of amides is 1. The smallest absolute Gasteiger partial charge is 0.251 e. The lowest BCUT2D eigenvalue weighted by Crippen LogP contribution is -2.30. The Morgan fingerprint density at radius 1 is 1.17 bits per heavy atom. The number of ether oxygens (including phenoxy) is 1. The molecule has 2 aromatic carbocycles. The maximum Gasteiger partial charge on any atom is 0.251 e. The Hall–Kier alpha value is -2.04. The molecule has 0 aliphatic carbocycles. The lowest BCUT2D eigenvalue weighted by molar-refractivity contribution is 0.0947. The molecule has 1 heterocycles. The van der Waals surface area contributed by atoms with E-state index in [1.54, 1.807) is 6.07 Å². The molecule has 0 aromatic heterocycles. The summed E-state index contributed by atoms with van der Waals surface area (Å²) in [5.41, 5.74) is 1.75. The number of halogens is 1. The van der Waals surface area contributed by atoms with Crippen LogP contribution in [0.15, 0.2) is 54.6 Å². The van der Waals surface area contributed by atoms with Crippen LogP contribution in [0.4, 0.5) is 0 Å². The van der Waals surface area contributed by atoms with Crippen molar-refractivity contribution in [3.63, 3.8) is 0 Å². The van der Waals surface area contributed by atoms with Crippen molar-refractivity contribution in [2.75, 3.05) is 19.6 Å². The molecule has 1 fully saturated rings. The number of benzene rings is 2. The molecule has 128 valence electrons. The number of hydrogen-bond donors (Lipinski definition) is 2. The molecule has 0 bridgehead atoms. The second kappa shape index (κ2) is 9.30. The molecule has 1 unspecified atom stereocenters. The fraction of sp³-hybridized carbons (Fsp3) is 0.316. The fourth-order valence-electron chi connectivity index (χ4n) is 2.70. The Labute approximate surface area is 149 Å². The van der Waals surface area contributed by atoms with Crippen molar-refractivity contribution in [3.05, 3.63) is 65.7 Å². The molecular formula is C19H23ClN2O2. The summed E-state index contributed by atoms with van der Waals surface area (Å²) < 4.78 is 5.77. The highest BCUT2D eigenvalue weighted by Gasteiger charge is 2.15. The standard InChI is InChI=1S/C19H22N2O2.ClH/c22-19(21-13-16-9-10-20-12-16)17-7-4-8-18(11-17)23-14-15-5-2-1-3-6-15;/h1-8,11,16,20H,9-10,12-14H2,(H,21,22);1H. The molecule has 1 aliphatic rings. The van der Waals surface area contributed by atoms with E-state index >= 15 is 0 Å². The zero-order valence-corrected chi connectivity index (χ0v) is 14.4. The third-order valence-electron chi connectivity index (χ3n) is 4.06. The van der Waals surface area contributed by atoms with Gasteiger partial charge >= 0.3 is 0 Å². The molecule has 1 saturated heterocycles. The highest BCUT2D eigenvalue weighted by Crippen LogP contribution is 2.15. The molecule has 4 nitrogen and oxygen atoms in total. The fourth-order valence-corrected chi connectivity index (χ4v) is 2.70. The molecule has 3 rings (SSSR count). The van der Waals surface area contributed by atoms with Gasteiger partial charge in [0.15, 0.2) is 0 Å². The van der Waals surface area contributed by atoms with Crippen LogP contribution in [-0.4, -0.2) is 25.5 Å². The lowest BCUT2D eigenvalue weighted by Gasteiger charge is -2.11. The van der Waals surface area contributed by atoms with Crippen LogP contribution >= 0.6 is 12.4 Å². The molecule has 2 N–H and O–H groups in total. The molecule has 1 atom stereocenters. The van der Waals surface area contributed by atoms with E-state index in [1.807, 2.05) is 48.5 Å². The van der Waals surface area contributed by atoms with Crippen molar-refractivity contribution in [1.29, 1.82) is 0 Å². The third-order valence-corrected chi connectivity index (χ3v) is 4.06. The second-order valence-corrected chi connectivity index (χ2v) is 5.87. The van der Waals surface area contributed by atoms with Crippen LogP contribution in [0.3, 0.4) is 0 Å². The van der Waals surface area contributed by atoms with Gasteiger partial charge in [-0.15, -0.1) is 12.4 Å². The van der Waals surface area contributed by atoms with Gasteiger partial charge < -0.3 is 15.4 Å². The normalized spacial score (nSPS) is 16.2. The predicted octanol–water partition coefficient (Wildman–Crippen LogP) is 3.03. The van der Waals surface area contributed by atoms with Crippen molar-refractivity contribution >= 4 is 18.3 Å². The summed E-state index contributed by atoms with van der Waals surface area (Å²) in [7, 11) is 0. The van der Waals surface area contributed by atoms with Gasteiger partial charge in [-0.1, -0.05) is 36.4 Å². The molecule has 0 saturated carbocycles. The summed E-state index contributed by atoms with van der Waals surface area (Å²) in [5, 5.41) is 6.31. The van der Waals surface area contributed by atoms with Crippen LogP contribution in [-0.2, 0) is 6.61 Å². The van der Waals surface area contributed by atoms with Gasteiger partial charge in [0.25, 0.3) is 5.91 Å². The molecule has 5 heteroatoms. The number of hydrogen-bond acceptors (Lipinski definition) is 3. The summed E-state index contributed by atoms with van der Waals surface area (Å²) in [5.74, 6) is 1.21. The first-order valence-electron chi connectivity index (χ1n) is 8.07. The average molecular weight is 347 g/mol. The van der Waals surface area contributed by atoms with Crippen molar-refractivity contribution in [3.8, 4) is 5.75 Å². The van der Waals surface area contributed by atoms with E-state index in [9.17, 15) is 4.79 Å². The van der Waals surface area contributed by atoms with Crippen LogP contribution < -0.4 is 15.4 Å². The van der Waals surface area contributed by atoms with Crippen molar-refractivity contribution in [2.24, 2.45) is 5.92 Å². The maximum absolute atomic E-state index is 12.2. The zero-order valence-electron chi connectivity index (χ0n) is 13.5. The highest BCUT2D eigenvalue weighted by molar-refractivity contribution is 5.94. The summed E-state index contributed by atoms with van der Waals surface area (Å²) >= 11 is 0. The van der Waals surface area contributed by atoms with E-state index in [1.165, 1.54) is 0 Å². The van der Waals surface area contributed by atoms with Crippen LogP contribution in [0.5, 0.6) is 5.75 Å². The minimum absolute atomic E-state index is 0. The van der Waals surface area contributed by atoms with Gasteiger partial charge in [-0.05, 0) is 49.2 Å². The molecular weight excluding hydrogens is 324 g/mol. The first-order chi connectivity index (χ1) is 11.3. The van der Waals surface area contributed by atoms with Crippen molar-refractivity contribution in [2.45, 2.75) is 13.0 Å². The summed E-state index contributed by atoms with van der Waals surface area (Å²) in [6.07, 6.45) is 1.13. The predicted molar refractivity (Wildman–Crippen MR) is 97.8 cm³/mol. The number of carbonyl (C=O) groups is 1. The van der Waals surface area contributed by atoms with Crippen molar-refractivity contribution in [1.82, 2.24) is 10.6 Å².